The number of hydrogen-bond acceptors (Lipinski definition) is 4. The van der Waals surface area contributed by atoms with Crippen LogP contribution in [-0.4, -0.2) is 55.0 Å². The number of carbonyl (C=O) groups is 2. The standard InChI is InChI=1S/C23H34ClN3O4S/c1-3-14-32(30,31)26-16-21(28)27(20-13-9-10-18(24)15-20)23(2,17-26)22(29)25-19-11-7-5-4-6-8-12-19/h9-10,13,15,19H,3-8,11-12,14,16-17H2,1-2H3,(H,25,29)/t23-/m1/s1. The normalized spacial score (nSPS) is 24.1. The van der Waals surface area contributed by atoms with Crippen molar-refractivity contribution in [1.29, 1.82) is 0 Å². The van der Waals surface area contributed by atoms with E-state index in [1.165, 1.54) is 11.3 Å². The Morgan fingerprint density at radius 1 is 1.19 bits per heavy atom. The zero-order valence-corrected chi connectivity index (χ0v) is 20.6. The zero-order chi connectivity index (χ0) is 23.4. The topological polar surface area (TPSA) is 86.8 Å². The van der Waals surface area contributed by atoms with Gasteiger partial charge in [-0.25, -0.2) is 8.42 Å². The maximum Gasteiger partial charge on any atom is 0.247 e. The summed E-state index contributed by atoms with van der Waals surface area (Å²) in [5.74, 6) is -0.820. The second-order valence-electron chi connectivity index (χ2n) is 9.08. The number of nitrogens with one attached hydrogen (secondary N) is 1. The molecule has 2 aliphatic rings. The lowest BCUT2D eigenvalue weighted by Crippen LogP contribution is -2.71. The summed E-state index contributed by atoms with van der Waals surface area (Å²) >= 11 is 6.17. The molecule has 0 radical (unpaired) electrons. The van der Waals surface area contributed by atoms with Crippen molar-refractivity contribution in [3.63, 3.8) is 0 Å². The number of benzene rings is 1. The molecule has 0 bridgehead atoms. The Bertz CT molecular complexity index is 931. The van der Waals surface area contributed by atoms with Crippen LogP contribution in [0.5, 0.6) is 0 Å². The lowest BCUT2D eigenvalue weighted by Gasteiger charge is -2.47. The van der Waals surface area contributed by atoms with Crippen molar-refractivity contribution >= 4 is 39.1 Å². The second-order valence-corrected chi connectivity index (χ2v) is 11.6. The number of piperazine rings is 1. The number of amides is 2. The molecule has 1 aliphatic heterocycles. The Morgan fingerprint density at radius 2 is 1.84 bits per heavy atom. The monoisotopic (exact) mass is 483 g/mol. The molecule has 1 saturated carbocycles. The number of carbonyl (C=O) groups excluding carboxylic acids is 2. The van der Waals surface area contributed by atoms with Crippen LogP contribution in [0.4, 0.5) is 5.69 Å². The van der Waals surface area contributed by atoms with Gasteiger partial charge in [-0.2, -0.15) is 4.31 Å². The Balaban J connectivity index is 1.95. The van der Waals surface area contributed by atoms with Gasteiger partial charge in [0.25, 0.3) is 0 Å². The SMILES string of the molecule is CCCS(=O)(=O)N1CC(=O)N(c2cccc(Cl)c2)[C@@](C)(C(=O)NC2CCCCCCC2)C1. The molecule has 1 aliphatic carbocycles. The third kappa shape index (κ3) is 5.64. The van der Waals surface area contributed by atoms with Crippen LogP contribution in [0.2, 0.25) is 5.02 Å². The highest BCUT2D eigenvalue weighted by Crippen LogP contribution is 2.32. The summed E-state index contributed by atoms with van der Waals surface area (Å²) in [6, 6.07) is 6.80. The average molecular weight is 484 g/mol. The maximum absolute atomic E-state index is 13.7. The van der Waals surface area contributed by atoms with E-state index in [0.717, 1.165) is 42.8 Å². The van der Waals surface area contributed by atoms with E-state index in [1.54, 1.807) is 38.1 Å². The predicted molar refractivity (Wildman–Crippen MR) is 127 cm³/mol. The molecule has 1 saturated heterocycles. The number of sulfonamides is 1. The van der Waals surface area contributed by atoms with Crippen LogP contribution >= 0.6 is 11.6 Å². The van der Waals surface area contributed by atoms with Crippen LogP contribution in [0.1, 0.15) is 65.2 Å². The average Bonchev–Trinajstić information content (AvgIpc) is 2.69. The molecule has 0 spiro atoms. The molecular weight excluding hydrogens is 450 g/mol. The number of nitrogens with zero attached hydrogens (tertiary/aromatic N) is 2. The molecule has 0 unspecified atom stereocenters. The summed E-state index contributed by atoms with van der Waals surface area (Å²) in [4.78, 5) is 28.4. The number of hydrogen-bond donors (Lipinski definition) is 1. The smallest absolute Gasteiger partial charge is 0.247 e. The van der Waals surface area contributed by atoms with Crippen LogP contribution in [0.25, 0.3) is 0 Å². The highest BCUT2D eigenvalue weighted by molar-refractivity contribution is 7.89. The lowest BCUT2D eigenvalue weighted by molar-refractivity contribution is -0.133. The fraction of sp³-hybridized carbons (Fsp3) is 0.652. The summed E-state index contributed by atoms with van der Waals surface area (Å²) in [6.07, 6.45) is 7.86. The van der Waals surface area contributed by atoms with Crippen molar-refractivity contribution in [2.24, 2.45) is 0 Å². The molecule has 178 valence electrons. The fourth-order valence-corrected chi connectivity index (χ4v) is 6.42. The summed E-state index contributed by atoms with van der Waals surface area (Å²) < 4.78 is 26.8. The van der Waals surface area contributed by atoms with Gasteiger partial charge >= 0.3 is 0 Å². The molecular formula is C23H34ClN3O4S. The van der Waals surface area contributed by atoms with Gasteiger partial charge in [0.15, 0.2) is 0 Å². The van der Waals surface area contributed by atoms with Crippen LogP contribution in [0, 0.1) is 0 Å². The Morgan fingerprint density at radius 3 is 2.47 bits per heavy atom. The van der Waals surface area contributed by atoms with Crippen molar-refractivity contribution in [1.82, 2.24) is 9.62 Å². The predicted octanol–water partition coefficient (Wildman–Crippen LogP) is 3.72. The van der Waals surface area contributed by atoms with Gasteiger partial charge in [-0.3, -0.25) is 14.5 Å². The van der Waals surface area contributed by atoms with Crippen molar-refractivity contribution < 1.29 is 18.0 Å². The number of rotatable bonds is 6. The minimum Gasteiger partial charge on any atom is -0.351 e. The molecule has 32 heavy (non-hydrogen) atoms. The third-order valence-electron chi connectivity index (χ3n) is 6.39. The first-order valence-corrected chi connectivity index (χ1v) is 13.5. The summed E-state index contributed by atoms with van der Waals surface area (Å²) in [7, 11) is -3.65. The van der Waals surface area contributed by atoms with E-state index in [0.29, 0.717) is 17.1 Å². The molecule has 2 fully saturated rings. The molecule has 2 amide bonds. The summed E-state index contributed by atoms with van der Waals surface area (Å²) in [5.41, 5.74) is -0.895. The van der Waals surface area contributed by atoms with Gasteiger partial charge in [-0.05, 0) is 44.4 Å². The van der Waals surface area contributed by atoms with E-state index < -0.39 is 21.5 Å². The first-order chi connectivity index (χ1) is 15.2. The quantitative estimate of drug-likeness (QED) is 0.668. The van der Waals surface area contributed by atoms with Gasteiger partial charge in [0, 0.05) is 23.3 Å². The fourth-order valence-electron chi connectivity index (χ4n) is 4.71. The van der Waals surface area contributed by atoms with Crippen LogP contribution in [0.15, 0.2) is 24.3 Å². The van der Waals surface area contributed by atoms with E-state index in [2.05, 4.69) is 5.32 Å². The maximum atomic E-state index is 13.7. The Labute approximate surface area is 196 Å². The zero-order valence-electron chi connectivity index (χ0n) is 19.0. The van der Waals surface area contributed by atoms with Gasteiger partial charge in [-0.15, -0.1) is 0 Å². The molecule has 1 atom stereocenters. The largest absolute Gasteiger partial charge is 0.351 e. The van der Waals surface area contributed by atoms with Gasteiger partial charge in [0.2, 0.25) is 21.8 Å². The molecule has 1 aromatic carbocycles. The number of anilines is 1. The van der Waals surface area contributed by atoms with Gasteiger partial charge in [0.1, 0.15) is 5.54 Å². The van der Waals surface area contributed by atoms with Crippen LogP contribution in [0.3, 0.4) is 0 Å². The minimum absolute atomic E-state index is 0.0264. The van der Waals surface area contributed by atoms with Crippen molar-refractivity contribution in [2.45, 2.75) is 76.8 Å². The molecule has 3 rings (SSSR count). The van der Waals surface area contributed by atoms with E-state index in [4.69, 9.17) is 11.6 Å². The van der Waals surface area contributed by atoms with E-state index in [9.17, 15) is 18.0 Å². The first-order valence-electron chi connectivity index (χ1n) is 11.5. The molecule has 1 aromatic rings. The van der Waals surface area contributed by atoms with Gasteiger partial charge < -0.3 is 5.32 Å². The van der Waals surface area contributed by atoms with Crippen LogP contribution < -0.4 is 10.2 Å². The first kappa shape index (κ1) is 25.0. The summed E-state index contributed by atoms with van der Waals surface area (Å²) in [6.45, 7) is 3.05. The molecule has 9 heteroatoms. The van der Waals surface area contributed by atoms with Crippen LogP contribution in [-0.2, 0) is 19.6 Å². The van der Waals surface area contributed by atoms with E-state index in [1.807, 2.05) is 0 Å². The van der Waals surface area contributed by atoms with E-state index in [-0.39, 0.29) is 30.8 Å². The van der Waals surface area contributed by atoms with E-state index >= 15 is 0 Å². The highest BCUT2D eigenvalue weighted by atomic mass is 35.5. The summed E-state index contributed by atoms with van der Waals surface area (Å²) in [5, 5.41) is 3.59. The van der Waals surface area contributed by atoms with Crippen molar-refractivity contribution in [3.8, 4) is 0 Å². The highest BCUT2D eigenvalue weighted by Gasteiger charge is 2.51. The lowest BCUT2D eigenvalue weighted by atomic mass is 9.92. The molecule has 7 nitrogen and oxygen atoms in total. The molecule has 0 aromatic heterocycles. The van der Waals surface area contributed by atoms with Crippen molar-refractivity contribution in [3.05, 3.63) is 29.3 Å². The van der Waals surface area contributed by atoms with Gasteiger partial charge in [-0.1, -0.05) is 56.7 Å². The Hall–Kier alpha value is -1.64. The minimum atomic E-state index is -3.65. The van der Waals surface area contributed by atoms with Gasteiger partial charge in [0.05, 0.1) is 12.3 Å². The third-order valence-corrected chi connectivity index (χ3v) is 8.59. The molecule has 1 N–H and O–H groups in total. The Kier molecular flexibility index (Phi) is 8.22. The van der Waals surface area contributed by atoms with Crippen molar-refractivity contribution in [2.75, 3.05) is 23.7 Å². The number of halogens is 1. The second kappa shape index (κ2) is 10.5. The molecule has 1 heterocycles.